The minimum atomic E-state index is -0.955. The molecule has 0 saturated carbocycles. The highest BCUT2D eigenvalue weighted by molar-refractivity contribution is 7.10. The summed E-state index contributed by atoms with van der Waals surface area (Å²) in [6, 6.07) is 9.25. The molecule has 7 nitrogen and oxygen atoms in total. The van der Waals surface area contributed by atoms with Gasteiger partial charge in [-0.1, -0.05) is 29.4 Å². The molecule has 142 valence electrons. The molecule has 5 rings (SSSR count). The number of nitrogens with zero attached hydrogens (tertiary/aromatic N) is 3. The fraction of sp³-hybridized carbons (Fsp3) is 0.300. The highest BCUT2D eigenvalue weighted by atomic mass is 32.1. The summed E-state index contributed by atoms with van der Waals surface area (Å²) in [6.07, 6.45) is 2.42. The molecule has 2 aliphatic rings. The SMILES string of the molecule is Cc1ccccc1-c1noc(CN2C(=O)NC3(CCCc4sccc43)C2=O)n1. The van der Waals surface area contributed by atoms with E-state index >= 15 is 0 Å². The second kappa shape index (κ2) is 6.27. The van der Waals surface area contributed by atoms with E-state index in [1.165, 1.54) is 9.78 Å². The number of hydrogen-bond acceptors (Lipinski definition) is 6. The zero-order valence-corrected chi connectivity index (χ0v) is 16.1. The quantitative estimate of drug-likeness (QED) is 0.688. The van der Waals surface area contributed by atoms with E-state index in [4.69, 9.17) is 4.52 Å². The van der Waals surface area contributed by atoms with Crippen LogP contribution in [-0.2, 0) is 23.3 Å². The Kier molecular flexibility index (Phi) is 3.83. The lowest BCUT2D eigenvalue weighted by Gasteiger charge is -2.31. The minimum absolute atomic E-state index is 0.0369. The summed E-state index contributed by atoms with van der Waals surface area (Å²) in [4.78, 5) is 32.6. The molecule has 1 fully saturated rings. The maximum atomic E-state index is 13.2. The number of rotatable bonds is 3. The van der Waals surface area contributed by atoms with Gasteiger partial charge in [-0.15, -0.1) is 11.3 Å². The van der Waals surface area contributed by atoms with Crippen molar-refractivity contribution in [2.45, 2.75) is 38.3 Å². The molecular formula is C20H18N4O3S. The third kappa shape index (κ3) is 2.48. The first kappa shape index (κ1) is 17.1. The number of thiophene rings is 1. The van der Waals surface area contributed by atoms with Crippen molar-refractivity contribution < 1.29 is 14.1 Å². The van der Waals surface area contributed by atoms with Gasteiger partial charge in [0, 0.05) is 16.0 Å². The van der Waals surface area contributed by atoms with E-state index in [0.29, 0.717) is 12.2 Å². The van der Waals surface area contributed by atoms with Gasteiger partial charge in [-0.05, 0) is 43.2 Å². The molecule has 0 radical (unpaired) electrons. The number of carbonyl (C=O) groups excluding carboxylic acids is 2. The van der Waals surface area contributed by atoms with Crippen LogP contribution in [0.4, 0.5) is 4.79 Å². The van der Waals surface area contributed by atoms with E-state index in [1.807, 2.05) is 42.6 Å². The minimum Gasteiger partial charge on any atom is -0.337 e. The Bertz CT molecular complexity index is 1090. The van der Waals surface area contributed by atoms with E-state index in [9.17, 15) is 9.59 Å². The summed E-state index contributed by atoms with van der Waals surface area (Å²) in [5.74, 6) is 0.445. The Morgan fingerprint density at radius 2 is 2.14 bits per heavy atom. The molecule has 3 aromatic rings. The summed E-state index contributed by atoms with van der Waals surface area (Å²) < 4.78 is 5.33. The number of nitrogens with one attached hydrogen (secondary N) is 1. The molecule has 2 aromatic heterocycles. The fourth-order valence-electron chi connectivity index (χ4n) is 4.07. The normalized spacial score (nSPS) is 21.2. The summed E-state index contributed by atoms with van der Waals surface area (Å²) in [6.45, 7) is 1.93. The summed E-state index contributed by atoms with van der Waals surface area (Å²) in [5.41, 5.74) is 1.86. The summed E-state index contributed by atoms with van der Waals surface area (Å²) in [5, 5.41) is 8.93. The lowest BCUT2D eigenvalue weighted by atomic mass is 9.80. The Labute approximate surface area is 165 Å². The van der Waals surface area contributed by atoms with Crippen LogP contribution < -0.4 is 5.32 Å². The average Bonchev–Trinajstić information content (AvgIpc) is 3.40. The van der Waals surface area contributed by atoms with Gasteiger partial charge < -0.3 is 9.84 Å². The molecule has 1 saturated heterocycles. The van der Waals surface area contributed by atoms with Gasteiger partial charge in [0.25, 0.3) is 5.91 Å². The van der Waals surface area contributed by atoms with Crippen molar-refractivity contribution in [1.82, 2.24) is 20.4 Å². The lowest BCUT2D eigenvalue weighted by molar-refractivity contribution is -0.132. The summed E-state index contributed by atoms with van der Waals surface area (Å²) in [7, 11) is 0. The van der Waals surface area contributed by atoms with Crippen LogP contribution in [0.15, 0.2) is 40.2 Å². The topological polar surface area (TPSA) is 88.3 Å². The Balaban J connectivity index is 1.43. The molecule has 8 heteroatoms. The largest absolute Gasteiger partial charge is 0.337 e. The molecule has 1 spiro atoms. The number of imide groups is 1. The van der Waals surface area contributed by atoms with Crippen LogP contribution in [0.5, 0.6) is 0 Å². The van der Waals surface area contributed by atoms with Gasteiger partial charge in [-0.3, -0.25) is 9.69 Å². The zero-order valence-electron chi connectivity index (χ0n) is 15.3. The first-order valence-corrected chi connectivity index (χ1v) is 10.1. The van der Waals surface area contributed by atoms with Gasteiger partial charge in [-0.25, -0.2) is 4.79 Å². The lowest BCUT2D eigenvalue weighted by Crippen LogP contribution is -2.46. The molecule has 3 amide bonds. The van der Waals surface area contributed by atoms with Crippen LogP contribution >= 0.6 is 11.3 Å². The molecule has 1 unspecified atom stereocenters. The highest BCUT2D eigenvalue weighted by Gasteiger charge is 2.54. The van der Waals surface area contributed by atoms with Crippen molar-refractivity contribution in [1.29, 1.82) is 0 Å². The third-order valence-corrected chi connectivity index (χ3v) is 6.46. The molecule has 3 heterocycles. The fourth-order valence-corrected chi connectivity index (χ4v) is 5.07. The van der Waals surface area contributed by atoms with E-state index in [0.717, 1.165) is 29.5 Å². The van der Waals surface area contributed by atoms with Crippen LogP contribution in [0.1, 0.15) is 34.7 Å². The first-order valence-electron chi connectivity index (χ1n) is 9.18. The van der Waals surface area contributed by atoms with Crippen LogP contribution in [-0.4, -0.2) is 27.0 Å². The van der Waals surface area contributed by atoms with Gasteiger partial charge in [0.05, 0.1) is 0 Å². The van der Waals surface area contributed by atoms with Gasteiger partial charge in [0.2, 0.25) is 11.7 Å². The number of amides is 3. The molecular weight excluding hydrogens is 376 g/mol. The summed E-state index contributed by atoms with van der Waals surface area (Å²) >= 11 is 1.63. The Morgan fingerprint density at radius 1 is 1.29 bits per heavy atom. The van der Waals surface area contributed by atoms with Crippen LogP contribution in [0.25, 0.3) is 11.4 Å². The van der Waals surface area contributed by atoms with E-state index in [1.54, 1.807) is 11.3 Å². The maximum absolute atomic E-state index is 13.2. The van der Waals surface area contributed by atoms with Crippen LogP contribution in [0, 0.1) is 6.92 Å². The van der Waals surface area contributed by atoms with Crippen molar-refractivity contribution in [2.75, 3.05) is 0 Å². The Morgan fingerprint density at radius 3 is 3.00 bits per heavy atom. The van der Waals surface area contributed by atoms with E-state index < -0.39 is 11.6 Å². The molecule has 1 atom stereocenters. The number of urea groups is 1. The monoisotopic (exact) mass is 394 g/mol. The predicted molar refractivity (Wildman–Crippen MR) is 102 cm³/mol. The third-order valence-electron chi connectivity index (χ3n) is 5.48. The van der Waals surface area contributed by atoms with Crippen molar-refractivity contribution >= 4 is 23.3 Å². The molecule has 0 bridgehead atoms. The number of fused-ring (bicyclic) bond motifs is 2. The second-order valence-electron chi connectivity index (χ2n) is 7.16. The van der Waals surface area contributed by atoms with Gasteiger partial charge in [0.15, 0.2) is 0 Å². The second-order valence-corrected chi connectivity index (χ2v) is 8.17. The maximum Gasteiger partial charge on any atom is 0.325 e. The number of hydrogen-bond donors (Lipinski definition) is 1. The van der Waals surface area contributed by atoms with E-state index in [2.05, 4.69) is 15.5 Å². The van der Waals surface area contributed by atoms with Crippen molar-refractivity contribution in [3.8, 4) is 11.4 Å². The number of benzene rings is 1. The standard InChI is InChI=1S/C20H18N4O3S/c1-12-5-2-3-6-13(12)17-21-16(27-23-17)11-24-18(25)20(22-19(24)26)9-4-7-15-14(20)8-10-28-15/h2-3,5-6,8,10H,4,7,9,11H2,1H3,(H,22,26). The smallest absolute Gasteiger partial charge is 0.325 e. The van der Waals surface area contributed by atoms with Crippen LogP contribution in [0.2, 0.25) is 0 Å². The zero-order chi connectivity index (χ0) is 19.3. The average molecular weight is 394 g/mol. The molecule has 28 heavy (non-hydrogen) atoms. The Hall–Kier alpha value is -3.00. The molecule has 1 aromatic carbocycles. The highest BCUT2D eigenvalue weighted by Crippen LogP contribution is 2.42. The van der Waals surface area contributed by atoms with Gasteiger partial charge in [0.1, 0.15) is 12.1 Å². The van der Waals surface area contributed by atoms with E-state index in [-0.39, 0.29) is 18.3 Å². The van der Waals surface area contributed by atoms with Crippen molar-refractivity contribution in [2.24, 2.45) is 0 Å². The van der Waals surface area contributed by atoms with Crippen LogP contribution in [0.3, 0.4) is 0 Å². The van der Waals surface area contributed by atoms with Gasteiger partial charge >= 0.3 is 6.03 Å². The molecule has 1 N–H and O–H groups in total. The molecule has 1 aliphatic carbocycles. The first-order chi connectivity index (χ1) is 13.6. The predicted octanol–water partition coefficient (Wildman–Crippen LogP) is 3.39. The number of aromatic nitrogens is 2. The van der Waals surface area contributed by atoms with Crippen molar-refractivity contribution in [3.63, 3.8) is 0 Å². The molecule has 1 aliphatic heterocycles. The van der Waals surface area contributed by atoms with Crippen molar-refractivity contribution in [3.05, 3.63) is 57.6 Å². The number of aryl methyl sites for hydroxylation is 2. The van der Waals surface area contributed by atoms with Gasteiger partial charge in [-0.2, -0.15) is 4.98 Å². The number of carbonyl (C=O) groups is 2.